The van der Waals surface area contributed by atoms with Crippen molar-refractivity contribution < 1.29 is 23.1 Å². The van der Waals surface area contributed by atoms with Crippen molar-refractivity contribution in [1.29, 1.82) is 0 Å². The summed E-state index contributed by atoms with van der Waals surface area (Å²) < 4.78 is 30.5. The molecule has 0 radical (unpaired) electrons. The lowest BCUT2D eigenvalue weighted by molar-refractivity contribution is 0.0655. The van der Waals surface area contributed by atoms with Gasteiger partial charge in [0.05, 0.1) is 10.9 Å². The topological polar surface area (TPSA) is 106 Å². The van der Waals surface area contributed by atoms with Crippen molar-refractivity contribution in [3.63, 3.8) is 0 Å². The number of aromatic nitrogens is 1. The summed E-state index contributed by atoms with van der Waals surface area (Å²) in [5.41, 5.74) is 0.966. The number of likely N-dealkylation sites (tertiary alicyclic amines) is 1. The number of hydrogen-bond donors (Lipinski definition) is 1. The van der Waals surface area contributed by atoms with E-state index in [0.29, 0.717) is 30.8 Å². The summed E-state index contributed by atoms with van der Waals surface area (Å²) >= 11 is 0. The zero-order valence-corrected chi connectivity index (χ0v) is 17.6. The number of carbonyl (C=O) groups is 1. The van der Waals surface area contributed by atoms with Crippen LogP contribution in [-0.4, -0.2) is 54.0 Å². The standard InChI is InChI=1S/C21H24N2O6S/c1-14(2)19-12-16(9-11-23(19)21(25)26)29-17-8-10-22(20(24)13-17)15-4-6-18(7-5-15)30(3,27)28/h4-8,10,13,16,19H,1,9,11-12H2,2-3H3,(H,25,26). The molecule has 2 heterocycles. The molecule has 2 atom stereocenters. The van der Waals surface area contributed by atoms with Crippen LogP contribution in [-0.2, 0) is 9.84 Å². The molecule has 1 aliphatic heterocycles. The van der Waals surface area contributed by atoms with Gasteiger partial charge in [-0.1, -0.05) is 12.2 Å². The molecule has 0 bridgehead atoms. The number of rotatable bonds is 5. The van der Waals surface area contributed by atoms with Crippen molar-refractivity contribution in [3.8, 4) is 11.4 Å². The van der Waals surface area contributed by atoms with Gasteiger partial charge in [0.1, 0.15) is 11.9 Å². The SMILES string of the molecule is C=C(C)C1CC(Oc2ccn(-c3ccc(S(C)(=O)=O)cc3)c(=O)c2)CCN1C(=O)O. The van der Waals surface area contributed by atoms with Gasteiger partial charge in [0, 0.05) is 43.6 Å². The number of benzene rings is 1. The molecule has 8 nitrogen and oxygen atoms in total. The summed E-state index contributed by atoms with van der Waals surface area (Å²) in [6, 6.07) is 8.74. The van der Waals surface area contributed by atoms with Crippen molar-refractivity contribution in [2.24, 2.45) is 0 Å². The van der Waals surface area contributed by atoms with E-state index >= 15 is 0 Å². The maximum atomic E-state index is 12.5. The second-order valence-corrected chi connectivity index (χ2v) is 9.45. The summed E-state index contributed by atoms with van der Waals surface area (Å²) in [7, 11) is -3.31. The summed E-state index contributed by atoms with van der Waals surface area (Å²) in [6.07, 6.45) is 2.47. The smallest absolute Gasteiger partial charge is 0.407 e. The predicted molar refractivity (Wildman–Crippen MR) is 112 cm³/mol. The molecule has 2 aromatic rings. The second kappa shape index (κ2) is 8.35. The van der Waals surface area contributed by atoms with Crippen LogP contribution >= 0.6 is 0 Å². The summed E-state index contributed by atoms with van der Waals surface area (Å²) in [5, 5.41) is 9.34. The van der Waals surface area contributed by atoms with Crippen molar-refractivity contribution >= 4 is 15.9 Å². The Morgan fingerprint density at radius 3 is 2.43 bits per heavy atom. The fourth-order valence-corrected chi connectivity index (χ4v) is 4.16. The van der Waals surface area contributed by atoms with Gasteiger partial charge in [-0.2, -0.15) is 0 Å². The Morgan fingerprint density at radius 2 is 1.90 bits per heavy atom. The number of pyridine rings is 1. The summed E-state index contributed by atoms with van der Waals surface area (Å²) in [6.45, 7) is 6.01. The Kier molecular flexibility index (Phi) is 6.02. The minimum atomic E-state index is -3.31. The minimum absolute atomic E-state index is 0.180. The van der Waals surface area contributed by atoms with E-state index in [1.807, 2.05) is 0 Å². The molecule has 0 spiro atoms. The molecule has 30 heavy (non-hydrogen) atoms. The Hall–Kier alpha value is -3.07. The molecule has 1 aliphatic rings. The van der Waals surface area contributed by atoms with Crippen molar-refractivity contribution in [1.82, 2.24) is 9.47 Å². The van der Waals surface area contributed by atoms with Gasteiger partial charge >= 0.3 is 6.09 Å². The molecule has 1 saturated heterocycles. The van der Waals surface area contributed by atoms with Crippen LogP contribution < -0.4 is 10.3 Å². The van der Waals surface area contributed by atoms with Crippen molar-refractivity contribution in [2.45, 2.75) is 36.8 Å². The van der Waals surface area contributed by atoms with Gasteiger partial charge in [0.15, 0.2) is 9.84 Å². The second-order valence-electron chi connectivity index (χ2n) is 7.44. The molecule has 9 heteroatoms. The highest BCUT2D eigenvalue weighted by molar-refractivity contribution is 7.90. The molecular formula is C21H24N2O6S. The Balaban J connectivity index is 1.75. The lowest BCUT2D eigenvalue weighted by Crippen LogP contribution is -2.48. The lowest BCUT2D eigenvalue weighted by Gasteiger charge is -2.38. The number of piperidine rings is 1. The van der Waals surface area contributed by atoms with Gasteiger partial charge in [-0.15, -0.1) is 0 Å². The predicted octanol–water partition coefficient (Wildman–Crippen LogP) is 2.71. The van der Waals surface area contributed by atoms with Crippen molar-refractivity contribution in [2.75, 3.05) is 12.8 Å². The largest absolute Gasteiger partial charge is 0.490 e. The molecule has 1 N–H and O–H groups in total. The van der Waals surface area contributed by atoms with E-state index < -0.39 is 15.9 Å². The summed E-state index contributed by atoms with van der Waals surface area (Å²) in [4.78, 5) is 25.5. The van der Waals surface area contributed by atoms with Crippen LogP contribution in [0.15, 0.2) is 64.4 Å². The zero-order chi connectivity index (χ0) is 22.1. The quantitative estimate of drug-likeness (QED) is 0.728. The maximum Gasteiger partial charge on any atom is 0.407 e. The highest BCUT2D eigenvalue weighted by atomic mass is 32.2. The highest BCUT2D eigenvalue weighted by Gasteiger charge is 2.33. The van der Waals surface area contributed by atoms with E-state index in [2.05, 4.69) is 6.58 Å². The van der Waals surface area contributed by atoms with E-state index in [9.17, 15) is 23.1 Å². The van der Waals surface area contributed by atoms with Crippen LogP contribution in [0.1, 0.15) is 19.8 Å². The normalized spacial score (nSPS) is 19.3. The Bertz CT molecular complexity index is 1120. The van der Waals surface area contributed by atoms with Gasteiger partial charge in [0.25, 0.3) is 5.56 Å². The first-order chi connectivity index (χ1) is 14.1. The fourth-order valence-electron chi connectivity index (χ4n) is 3.53. The highest BCUT2D eigenvalue weighted by Crippen LogP contribution is 2.26. The van der Waals surface area contributed by atoms with E-state index in [1.165, 1.54) is 27.7 Å². The first-order valence-corrected chi connectivity index (χ1v) is 11.3. The average molecular weight is 432 g/mol. The third kappa shape index (κ3) is 4.73. The van der Waals surface area contributed by atoms with Gasteiger partial charge < -0.3 is 14.7 Å². The third-order valence-electron chi connectivity index (χ3n) is 5.11. The molecule has 160 valence electrons. The van der Waals surface area contributed by atoms with E-state index in [-0.39, 0.29) is 22.6 Å². The third-order valence-corrected chi connectivity index (χ3v) is 6.23. The average Bonchev–Trinajstić information content (AvgIpc) is 2.67. The van der Waals surface area contributed by atoms with E-state index in [4.69, 9.17) is 4.74 Å². The first-order valence-electron chi connectivity index (χ1n) is 9.41. The Morgan fingerprint density at radius 1 is 1.23 bits per heavy atom. The van der Waals surface area contributed by atoms with E-state index in [1.54, 1.807) is 31.3 Å². The molecule has 1 amide bonds. The van der Waals surface area contributed by atoms with E-state index in [0.717, 1.165) is 11.8 Å². The number of hydrogen-bond acceptors (Lipinski definition) is 5. The maximum absolute atomic E-state index is 12.5. The Labute approximate surface area is 174 Å². The van der Waals surface area contributed by atoms with Gasteiger partial charge in [-0.05, 0) is 37.3 Å². The molecular weight excluding hydrogens is 408 g/mol. The molecule has 1 aromatic carbocycles. The van der Waals surface area contributed by atoms with Gasteiger partial charge in [-0.3, -0.25) is 9.36 Å². The van der Waals surface area contributed by atoms with Crippen LogP contribution in [0.5, 0.6) is 5.75 Å². The van der Waals surface area contributed by atoms with Crippen LogP contribution in [0, 0.1) is 0 Å². The number of nitrogens with zero attached hydrogens (tertiary/aromatic N) is 2. The number of sulfone groups is 1. The number of carboxylic acid groups (broad SMARTS) is 1. The lowest BCUT2D eigenvalue weighted by atomic mass is 9.95. The molecule has 1 fully saturated rings. The zero-order valence-electron chi connectivity index (χ0n) is 16.8. The number of ether oxygens (including phenoxy) is 1. The summed E-state index contributed by atoms with van der Waals surface area (Å²) in [5.74, 6) is 0.401. The molecule has 1 aromatic heterocycles. The van der Waals surface area contributed by atoms with Crippen LogP contribution in [0.2, 0.25) is 0 Å². The monoisotopic (exact) mass is 432 g/mol. The van der Waals surface area contributed by atoms with Crippen LogP contribution in [0.3, 0.4) is 0 Å². The van der Waals surface area contributed by atoms with Gasteiger partial charge in [-0.25, -0.2) is 13.2 Å². The molecule has 0 saturated carbocycles. The molecule has 0 aliphatic carbocycles. The molecule has 2 unspecified atom stereocenters. The van der Waals surface area contributed by atoms with Crippen molar-refractivity contribution in [3.05, 3.63) is 65.1 Å². The fraction of sp³-hybridized carbons (Fsp3) is 0.333. The van der Waals surface area contributed by atoms with Crippen LogP contribution in [0.4, 0.5) is 4.79 Å². The number of amides is 1. The minimum Gasteiger partial charge on any atom is -0.490 e. The van der Waals surface area contributed by atoms with Gasteiger partial charge in [0.2, 0.25) is 0 Å². The van der Waals surface area contributed by atoms with Crippen LogP contribution in [0.25, 0.3) is 5.69 Å². The first kappa shape index (κ1) is 21.6. The molecule has 3 rings (SSSR count).